The lowest BCUT2D eigenvalue weighted by atomic mass is 10.0. The highest BCUT2D eigenvalue weighted by Gasteiger charge is 2.24. The van der Waals surface area contributed by atoms with Crippen LogP contribution in [0.2, 0.25) is 0 Å². The summed E-state index contributed by atoms with van der Waals surface area (Å²) >= 11 is 0. The average Bonchev–Trinajstić information content (AvgIpc) is 2.85. The van der Waals surface area contributed by atoms with Crippen LogP contribution >= 0.6 is 0 Å². The van der Waals surface area contributed by atoms with Gasteiger partial charge in [0.15, 0.2) is 11.5 Å². The fraction of sp³-hybridized carbons (Fsp3) is 0.241. The third-order valence-corrected chi connectivity index (χ3v) is 4.95. The first kappa shape index (κ1) is 27.2. The fourth-order valence-corrected chi connectivity index (χ4v) is 3.05. The minimum atomic E-state index is -1.09. The summed E-state index contributed by atoms with van der Waals surface area (Å²) in [5.41, 5.74) is 3.77. The maximum atomic E-state index is 12.6. The van der Waals surface area contributed by atoms with Crippen LogP contribution in [0, 0.1) is 13.8 Å². The molecule has 0 aliphatic carbocycles. The number of carbonyl (C=O) groups excluding carboxylic acids is 2. The number of ether oxygens (including phenoxy) is 4. The maximum Gasteiger partial charge on any atom is 0.348 e. The third-order valence-electron chi connectivity index (χ3n) is 4.95. The number of carbonyl (C=O) groups is 2. The first-order valence-corrected chi connectivity index (χ1v) is 11.2. The summed E-state index contributed by atoms with van der Waals surface area (Å²) in [5.74, 6) is -0.253. The van der Waals surface area contributed by atoms with Gasteiger partial charge in [0.2, 0.25) is 6.10 Å². The van der Waals surface area contributed by atoms with E-state index in [-0.39, 0.29) is 13.0 Å². The second-order valence-electron chi connectivity index (χ2n) is 7.71. The van der Waals surface area contributed by atoms with Crippen LogP contribution in [-0.4, -0.2) is 37.9 Å². The molecular formula is C29H32O6. The van der Waals surface area contributed by atoms with Crippen LogP contribution in [0.3, 0.4) is 0 Å². The first-order valence-electron chi connectivity index (χ1n) is 11.2. The average molecular weight is 477 g/mol. The molecule has 0 aliphatic heterocycles. The highest BCUT2D eigenvalue weighted by molar-refractivity contribution is 5.89. The molecule has 0 spiro atoms. The van der Waals surface area contributed by atoms with Crippen molar-refractivity contribution in [1.82, 2.24) is 0 Å². The van der Waals surface area contributed by atoms with Gasteiger partial charge in [-0.05, 0) is 54.3 Å². The largest absolute Gasteiger partial charge is 0.486 e. The smallest absolute Gasteiger partial charge is 0.348 e. The molecule has 2 aromatic carbocycles. The van der Waals surface area contributed by atoms with Gasteiger partial charge in [0, 0.05) is 12.5 Å². The third kappa shape index (κ3) is 9.01. The minimum Gasteiger partial charge on any atom is -0.486 e. The van der Waals surface area contributed by atoms with Crippen molar-refractivity contribution in [2.75, 3.05) is 19.8 Å². The van der Waals surface area contributed by atoms with Gasteiger partial charge in [-0.25, -0.2) is 9.59 Å². The normalized spacial score (nSPS) is 11.4. The molecule has 0 N–H and O–H groups in total. The molecule has 0 saturated heterocycles. The SMILES string of the molecule is C=CCOC(=O)C(Cc1ccc(C)c(C)c1)OC(=O)/C=C/c1ccc(OCC=C)c(OCC=C)c1. The van der Waals surface area contributed by atoms with Crippen LogP contribution in [-0.2, 0) is 25.5 Å². The van der Waals surface area contributed by atoms with E-state index < -0.39 is 18.0 Å². The molecule has 0 bridgehead atoms. The van der Waals surface area contributed by atoms with Crippen LogP contribution in [0.15, 0.2) is 80.4 Å². The fourth-order valence-electron chi connectivity index (χ4n) is 3.05. The minimum absolute atomic E-state index is 0.0312. The molecule has 2 aromatic rings. The second kappa shape index (κ2) is 14.3. The summed E-state index contributed by atoms with van der Waals surface area (Å²) in [4.78, 5) is 25.1. The first-order chi connectivity index (χ1) is 16.9. The molecule has 184 valence electrons. The quantitative estimate of drug-likeness (QED) is 0.209. The van der Waals surface area contributed by atoms with Gasteiger partial charge in [-0.2, -0.15) is 0 Å². The number of aryl methyl sites for hydroxylation is 2. The topological polar surface area (TPSA) is 71.1 Å². The Morgan fingerprint density at radius 2 is 1.54 bits per heavy atom. The molecule has 35 heavy (non-hydrogen) atoms. The van der Waals surface area contributed by atoms with Crippen LogP contribution < -0.4 is 9.47 Å². The Morgan fingerprint density at radius 3 is 2.20 bits per heavy atom. The van der Waals surface area contributed by atoms with Gasteiger partial charge < -0.3 is 18.9 Å². The molecule has 2 rings (SSSR count). The number of hydrogen-bond donors (Lipinski definition) is 0. The van der Waals surface area contributed by atoms with Crippen LogP contribution in [0.25, 0.3) is 6.08 Å². The summed E-state index contributed by atoms with van der Waals surface area (Å²) < 4.78 is 21.8. The Kier molecular flexibility index (Phi) is 11.1. The zero-order chi connectivity index (χ0) is 25.6. The Bertz CT molecular complexity index is 1080. The molecule has 1 unspecified atom stereocenters. The zero-order valence-corrected chi connectivity index (χ0v) is 20.3. The molecular weight excluding hydrogens is 444 g/mol. The number of hydrogen-bond acceptors (Lipinski definition) is 6. The van der Waals surface area contributed by atoms with E-state index in [9.17, 15) is 9.59 Å². The number of rotatable bonds is 14. The van der Waals surface area contributed by atoms with Gasteiger partial charge in [-0.3, -0.25) is 0 Å². The molecule has 6 nitrogen and oxygen atoms in total. The summed E-state index contributed by atoms with van der Waals surface area (Å²) in [5, 5.41) is 0. The van der Waals surface area contributed by atoms with E-state index in [1.165, 1.54) is 12.2 Å². The van der Waals surface area contributed by atoms with Crippen molar-refractivity contribution in [2.24, 2.45) is 0 Å². The van der Waals surface area contributed by atoms with Crippen molar-refractivity contribution in [3.8, 4) is 11.5 Å². The Labute approximate surface area is 207 Å². The number of esters is 2. The molecule has 0 radical (unpaired) electrons. The summed E-state index contributed by atoms with van der Waals surface area (Å²) in [6, 6.07) is 11.1. The number of benzene rings is 2. The van der Waals surface area contributed by atoms with E-state index in [1.54, 1.807) is 36.4 Å². The molecule has 0 aromatic heterocycles. The maximum absolute atomic E-state index is 12.6. The van der Waals surface area contributed by atoms with E-state index >= 15 is 0 Å². The van der Waals surface area contributed by atoms with Gasteiger partial charge >= 0.3 is 11.9 Å². The van der Waals surface area contributed by atoms with Gasteiger partial charge in [0.1, 0.15) is 19.8 Å². The predicted molar refractivity (Wildman–Crippen MR) is 138 cm³/mol. The Morgan fingerprint density at radius 1 is 0.857 bits per heavy atom. The van der Waals surface area contributed by atoms with E-state index in [1.807, 2.05) is 32.0 Å². The summed E-state index contributed by atoms with van der Waals surface area (Å²) in [6.07, 6.45) is 6.66. The Hall–Kier alpha value is -4.06. The monoisotopic (exact) mass is 476 g/mol. The van der Waals surface area contributed by atoms with Gasteiger partial charge in [-0.15, -0.1) is 0 Å². The van der Waals surface area contributed by atoms with Crippen molar-refractivity contribution >= 4 is 18.0 Å². The van der Waals surface area contributed by atoms with E-state index in [2.05, 4.69) is 19.7 Å². The van der Waals surface area contributed by atoms with Gasteiger partial charge in [0.25, 0.3) is 0 Å². The van der Waals surface area contributed by atoms with Gasteiger partial charge in [0.05, 0.1) is 0 Å². The zero-order valence-electron chi connectivity index (χ0n) is 20.3. The van der Waals surface area contributed by atoms with Crippen molar-refractivity contribution in [1.29, 1.82) is 0 Å². The molecule has 0 amide bonds. The van der Waals surface area contributed by atoms with E-state index in [4.69, 9.17) is 18.9 Å². The van der Waals surface area contributed by atoms with Crippen LogP contribution in [0.4, 0.5) is 0 Å². The lowest BCUT2D eigenvalue weighted by molar-refractivity contribution is -0.164. The van der Waals surface area contributed by atoms with Crippen LogP contribution in [0.5, 0.6) is 11.5 Å². The van der Waals surface area contributed by atoms with E-state index in [0.717, 1.165) is 16.7 Å². The highest BCUT2D eigenvalue weighted by atomic mass is 16.6. The van der Waals surface area contributed by atoms with Gasteiger partial charge in [-0.1, -0.05) is 62.2 Å². The molecule has 6 heteroatoms. The highest BCUT2D eigenvalue weighted by Crippen LogP contribution is 2.29. The molecule has 0 fully saturated rings. The lowest BCUT2D eigenvalue weighted by Crippen LogP contribution is -2.31. The Balaban J connectivity index is 2.16. The summed E-state index contributed by atoms with van der Waals surface area (Å²) in [7, 11) is 0. The van der Waals surface area contributed by atoms with E-state index in [0.29, 0.717) is 30.3 Å². The molecule has 0 aliphatic rings. The second-order valence-corrected chi connectivity index (χ2v) is 7.71. The lowest BCUT2D eigenvalue weighted by Gasteiger charge is -2.16. The summed E-state index contributed by atoms with van der Waals surface area (Å²) in [6.45, 7) is 15.5. The van der Waals surface area contributed by atoms with Crippen molar-refractivity contribution in [2.45, 2.75) is 26.4 Å². The predicted octanol–water partition coefficient (Wildman–Crippen LogP) is 5.33. The van der Waals surface area contributed by atoms with Crippen LogP contribution in [0.1, 0.15) is 22.3 Å². The van der Waals surface area contributed by atoms with Crippen molar-refractivity contribution in [3.63, 3.8) is 0 Å². The standard InChI is InChI=1S/C29H32O6/c1-6-15-32-25-13-11-23(19-26(25)33-16-7-2)12-14-28(30)35-27(29(31)34-17-8-3)20-24-10-9-21(4)22(5)18-24/h6-14,18-19,27H,1-3,15-17,20H2,4-5H3/b14-12+. The molecule has 1 atom stereocenters. The van der Waals surface area contributed by atoms with Crippen molar-refractivity contribution < 1.29 is 28.5 Å². The van der Waals surface area contributed by atoms with Crippen molar-refractivity contribution in [3.05, 3.63) is 103 Å². The molecule has 0 saturated carbocycles. The molecule has 0 heterocycles.